The molecular formula is C20H26N2O8. The molecule has 4 heterocycles. The van der Waals surface area contributed by atoms with Crippen molar-refractivity contribution >= 4 is 35.3 Å². The van der Waals surface area contributed by atoms with E-state index in [4.69, 9.17) is 9.47 Å². The molecule has 0 aromatic carbocycles. The molecule has 2 atom stereocenters. The predicted molar refractivity (Wildman–Crippen MR) is 99.9 cm³/mol. The molecule has 0 bridgehead atoms. The van der Waals surface area contributed by atoms with Crippen molar-refractivity contribution in [3.05, 3.63) is 0 Å². The molecule has 4 fully saturated rings. The van der Waals surface area contributed by atoms with E-state index in [1.807, 2.05) is 0 Å². The summed E-state index contributed by atoms with van der Waals surface area (Å²) in [5, 5.41) is 0. The van der Waals surface area contributed by atoms with Gasteiger partial charge in [0.2, 0.25) is 11.8 Å². The van der Waals surface area contributed by atoms with E-state index in [2.05, 4.69) is 0 Å². The van der Waals surface area contributed by atoms with Crippen LogP contribution in [-0.2, 0) is 38.2 Å². The molecule has 0 aromatic heterocycles. The van der Waals surface area contributed by atoms with Gasteiger partial charge in [0.1, 0.15) is 11.1 Å². The first-order valence-electron chi connectivity index (χ1n) is 10.2. The van der Waals surface area contributed by atoms with Crippen molar-refractivity contribution in [2.75, 3.05) is 26.3 Å². The van der Waals surface area contributed by atoms with Crippen LogP contribution in [-0.4, -0.2) is 82.5 Å². The number of Topliss-reactive ketones (excluding diaryl/α,β-unsaturated/α-hetero) is 2. The van der Waals surface area contributed by atoms with E-state index in [9.17, 15) is 28.8 Å². The van der Waals surface area contributed by atoms with Gasteiger partial charge < -0.3 is 19.3 Å². The summed E-state index contributed by atoms with van der Waals surface area (Å²) < 4.78 is 9.88. The van der Waals surface area contributed by atoms with E-state index in [0.29, 0.717) is 25.7 Å². The maximum Gasteiger partial charge on any atom is 0.332 e. The molecule has 0 N–H and O–H groups in total. The molecule has 0 aliphatic carbocycles. The number of fused-ring (bicyclic) bond motifs is 2. The van der Waals surface area contributed by atoms with E-state index < -0.39 is 23.0 Å². The van der Waals surface area contributed by atoms with Gasteiger partial charge in [-0.1, -0.05) is 0 Å². The Labute approximate surface area is 173 Å². The van der Waals surface area contributed by atoms with Crippen molar-refractivity contribution in [2.24, 2.45) is 0 Å². The number of rotatable bonds is 4. The van der Waals surface area contributed by atoms with Crippen LogP contribution in [0.2, 0.25) is 0 Å². The summed E-state index contributed by atoms with van der Waals surface area (Å²) in [5.74, 6) is -1.21. The average Bonchev–Trinajstić information content (AvgIpc) is 3.39. The Kier molecular flexibility index (Phi) is 5.96. The standard InChI is InChI=1S/2C10H13NO4/c2*1-2-15-9(14)10-4-3-8(13)11(10)6-7(12)5-10/h2*2-6H2,1H3/t2*10-/m10/s1. The SMILES string of the molecule is CCOC(=O)[C@@]12CCC(=O)N1CC(=O)C2.CCOC(=O)[C@]12CCC(=O)N1CC(=O)C2. The molecular weight excluding hydrogens is 396 g/mol. The molecule has 0 radical (unpaired) electrons. The highest BCUT2D eigenvalue weighted by Gasteiger charge is 2.58. The molecule has 0 unspecified atom stereocenters. The van der Waals surface area contributed by atoms with Crippen molar-refractivity contribution in [2.45, 2.75) is 63.5 Å². The molecule has 4 saturated heterocycles. The predicted octanol–water partition coefficient (Wildman–Crippen LogP) is -0.233. The van der Waals surface area contributed by atoms with Crippen LogP contribution in [0.15, 0.2) is 0 Å². The summed E-state index contributed by atoms with van der Waals surface area (Å²) in [5.41, 5.74) is -1.94. The second kappa shape index (κ2) is 8.16. The number of carbonyl (C=O) groups is 6. The molecule has 0 spiro atoms. The molecule has 4 rings (SSSR count). The van der Waals surface area contributed by atoms with Crippen molar-refractivity contribution in [3.63, 3.8) is 0 Å². The normalized spacial score (nSPS) is 29.5. The number of ketones is 2. The first-order chi connectivity index (χ1) is 14.2. The molecule has 4 aliphatic heterocycles. The topological polar surface area (TPSA) is 127 Å². The van der Waals surface area contributed by atoms with Gasteiger partial charge in [-0.25, -0.2) is 9.59 Å². The molecule has 0 aromatic rings. The van der Waals surface area contributed by atoms with E-state index in [1.165, 1.54) is 9.80 Å². The molecule has 0 saturated carbocycles. The Bertz CT molecular complexity index is 743. The van der Waals surface area contributed by atoms with Gasteiger partial charge in [0.05, 0.1) is 26.3 Å². The van der Waals surface area contributed by atoms with Crippen molar-refractivity contribution in [1.82, 2.24) is 9.80 Å². The van der Waals surface area contributed by atoms with E-state index in [1.54, 1.807) is 13.8 Å². The van der Waals surface area contributed by atoms with Gasteiger partial charge in [0.25, 0.3) is 0 Å². The Morgan fingerprint density at radius 3 is 1.47 bits per heavy atom. The van der Waals surface area contributed by atoms with Crippen LogP contribution in [0.4, 0.5) is 0 Å². The average molecular weight is 422 g/mol. The van der Waals surface area contributed by atoms with Crippen molar-refractivity contribution in [3.8, 4) is 0 Å². The number of hydrogen-bond donors (Lipinski definition) is 0. The van der Waals surface area contributed by atoms with Crippen LogP contribution in [0.1, 0.15) is 52.4 Å². The molecule has 164 valence electrons. The fourth-order valence-electron chi connectivity index (χ4n) is 4.71. The molecule has 30 heavy (non-hydrogen) atoms. The fraction of sp³-hybridized carbons (Fsp3) is 0.700. The largest absolute Gasteiger partial charge is 0.464 e. The van der Waals surface area contributed by atoms with Crippen LogP contribution in [0.5, 0.6) is 0 Å². The zero-order chi connectivity index (χ0) is 22.1. The smallest absolute Gasteiger partial charge is 0.332 e. The van der Waals surface area contributed by atoms with E-state index >= 15 is 0 Å². The zero-order valence-electron chi connectivity index (χ0n) is 17.2. The Morgan fingerprint density at radius 1 is 0.767 bits per heavy atom. The number of esters is 2. The van der Waals surface area contributed by atoms with E-state index in [0.717, 1.165) is 0 Å². The van der Waals surface area contributed by atoms with Gasteiger partial charge in [-0.3, -0.25) is 19.2 Å². The Morgan fingerprint density at radius 2 is 1.13 bits per heavy atom. The van der Waals surface area contributed by atoms with Crippen LogP contribution in [0.25, 0.3) is 0 Å². The summed E-state index contributed by atoms with van der Waals surface area (Å²) in [6.45, 7) is 4.11. The summed E-state index contributed by atoms with van der Waals surface area (Å²) in [6.07, 6.45) is 1.75. The molecule has 4 aliphatic rings. The van der Waals surface area contributed by atoms with Gasteiger partial charge >= 0.3 is 11.9 Å². The third-order valence-electron chi connectivity index (χ3n) is 6.10. The van der Waals surface area contributed by atoms with Crippen LogP contribution < -0.4 is 0 Å². The quantitative estimate of drug-likeness (QED) is 0.569. The van der Waals surface area contributed by atoms with Gasteiger partial charge in [-0.2, -0.15) is 0 Å². The maximum absolute atomic E-state index is 11.8. The highest BCUT2D eigenvalue weighted by atomic mass is 16.5. The lowest BCUT2D eigenvalue weighted by Gasteiger charge is -2.27. The third kappa shape index (κ3) is 3.48. The van der Waals surface area contributed by atoms with Gasteiger partial charge in [0, 0.05) is 25.7 Å². The fourth-order valence-corrected chi connectivity index (χ4v) is 4.71. The summed E-state index contributed by atoms with van der Waals surface area (Å²) in [7, 11) is 0. The van der Waals surface area contributed by atoms with Crippen molar-refractivity contribution in [1.29, 1.82) is 0 Å². The first-order valence-corrected chi connectivity index (χ1v) is 10.2. The van der Waals surface area contributed by atoms with Crippen LogP contribution in [0, 0.1) is 0 Å². The molecule has 2 amide bonds. The molecule has 10 heteroatoms. The number of carbonyl (C=O) groups excluding carboxylic acids is 6. The highest BCUT2D eigenvalue weighted by molar-refractivity contribution is 6.03. The minimum absolute atomic E-state index is 0.0592. The summed E-state index contributed by atoms with van der Waals surface area (Å²) in [6, 6.07) is 0. The lowest BCUT2D eigenvalue weighted by molar-refractivity contribution is -0.157. The maximum atomic E-state index is 11.8. The number of hydrogen-bond acceptors (Lipinski definition) is 8. The second-order valence-electron chi connectivity index (χ2n) is 7.89. The van der Waals surface area contributed by atoms with Gasteiger partial charge in [0.15, 0.2) is 11.6 Å². The number of amides is 2. The summed E-state index contributed by atoms with van der Waals surface area (Å²) >= 11 is 0. The minimum atomic E-state index is -0.968. The van der Waals surface area contributed by atoms with Crippen molar-refractivity contribution < 1.29 is 38.2 Å². The van der Waals surface area contributed by atoms with Gasteiger partial charge in [-0.15, -0.1) is 0 Å². The number of ether oxygens (including phenoxy) is 2. The lowest BCUT2D eigenvalue weighted by atomic mass is 9.94. The van der Waals surface area contributed by atoms with Crippen LogP contribution >= 0.6 is 0 Å². The lowest BCUT2D eigenvalue weighted by Crippen LogP contribution is -2.48. The number of nitrogens with zero attached hydrogens (tertiary/aromatic N) is 2. The highest BCUT2D eigenvalue weighted by Crippen LogP contribution is 2.40. The molecule has 10 nitrogen and oxygen atoms in total. The van der Waals surface area contributed by atoms with Crippen LogP contribution in [0.3, 0.4) is 0 Å². The Hall–Kier alpha value is -2.78. The zero-order valence-corrected chi connectivity index (χ0v) is 17.2. The second-order valence-corrected chi connectivity index (χ2v) is 7.89. The summed E-state index contributed by atoms with van der Waals surface area (Å²) in [4.78, 5) is 71.9. The Balaban J connectivity index is 0.000000171. The minimum Gasteiger partial charge on any atom is -0.464 e. The first kappa shape index (κ1) is 21.9. The third-order valence-corrected chi connectivity index (χ3v) is 6.10. The monoisotopic (exact) mass is 422 g/mol. The van der Waals surface area contributed by atoms with E-state index in [-0.39, 0.29) is 62.5 Å². The van der Waals surface area contributed by atoms with Gasteiger partial charge in [-0.05, 0) is 26.7 Å².